The number of aromatic nitrogens is 2. The number of carbonyl (C=O) groups is 2. The summed E-state index contributed by atoms with van der Waals surface area (Å²) in [5, 5.41) is 0.636. The van der Waals surface area contributed by atoms with E-state index in [-0.39, 0.29) is 5.56 Å². The molecule has 0 bridgehead atoms. The Morgan fingerprint density at radius 3 is 2.94 bits per heavy atom. The van der Waals surface area contributed by atoms with Crippen LogP contribution in [0.3, 0.4) is 0 Å². The van der Waals surface area contributed by atoms with Crippen molar-refractivity contribution >= 4 is 38.6 Å². The van der Waals surface area contributed by atoms with Crippen LogP contribution in [0.1, 0.15) is 10.4 Å². The second-order valence-electron chi connectivity index (χ2n) is 3.05. The lowest BCUT2D eigenvalue weighted by atomic mass is 10.1. The number of esters is 1. The summed E-state index contributed by atoms with van der Waals surface area (Å²) >= 11 is 3.24. The van der Waals surface area contributed by atoms with Gasteiger partial charge in [0.05, 0.1) is 18.2 Å². The van der Waals surface area contributed by atoms with Gasteiger partial charge in [0.15, 0.2) is 0 Å². The molecule has 0 fully saturated rings. The first-order chi connectivity index (χ1) is 7.65. The molecular weight excluding hydrogens is 276 g/mol. The van der Waals surface area contributed by atoms with Crippen LogP contribution in [0.2, 0.25) is 0 Å². The molecule has 1 N–H and O–H groups in total. The molecule has 5 nitrogen and oxygen atoms in total. The van der Waals surface area contributed by atoms with E-state index in [1.54, 1.807) is 12.3 Å². The van der Waals surface area contributed by atoms with E-state index in [0.29, 0.717) is 15.5 Å². The van der Waals surface area contributed by atoms with E-state index in [9.17, 15) is 9.59 Å². The smallest absolute Gasteiger partial charge is 0.379 e. The normalized spacial score (nSPS) is 10.4. The zero-order chi connectivity index (χ0) is 11.7. The van der Waals surface area contributed by atoms with E-state index in [1.165, 1.54) is 13.3 Å². The molecule has 0 aliphatic carbocycles. The van der Waals surface area contributed by atoms with E-state index >= 15 is 0 Å². The van der Waals surface area contributed by atoms with Crippen molar-refractivity contribution in [1.29, 1.82) is 0 Å². The van der Waals surface area contributed by atoms with Gasteiger partial charge in [-0.05, 0) is 22.0 Å². The zero-order valence-corrected chi connectivity index (χ0v) is 9.87. The van der Waals surface area contributed by atoms with Gasteiger partial charge < -0.3 is 9.72 Å². The third kappa shape index (κ3) is 1.61. The number of fused-ring (bicyclic) bond motifs is 1. The molecule has 16 heavy (non-hydrogen) atoms. The number of carbonyl (C=O) groups excluding carboxylic acids is 2. The third-order valence-corrected chi connectivity index (χ3v) is 2.77. The van der Waals surface area contributed by atoms with E-state index in [4.69, 9.17) is 0 Å². The largest absolute Gasteiger partial charge is 0.463 e. The molecule has 0 aliphatic rings. The maximum Gasteiger partial charge on any atom is 0.379 e. The second kappa shape index (κ2) is 4.05. The third-order valence-electron chi connectivity index (χ3n) is 2.17. The number of methoxy groups -OCH3 is 1. The number of nitrogens with one attached hydrogen (secondary N) is 1. The lowest BCUT2D eigenvalue weighted by molar-refractivity contribution is -0.135. The molecule has 0 saturated heterocycles. The van der Waals surface area contributed by atoms with Crippen LogP contribution in [0, 0.1) is 0 Å². The summed E-state index contributed by atoms with van der Waals surface area (Å²) in [4.78, 5) is 29.6. The van der Waals surface area contributed by atoms with Gasteiger partial charge >= 0.3 is 5.97 Å². The van der Waals surface area contributed by atoms with Gasteiger partial charge in [-0.25, -0.2) is 9.78 Å². The summed E-state index contributed by atoms with van der Waals surface area (Å²) in [5.41, 5.74) is 0.958. The van der Waals surface area contributed by atoms with E-state index < -0.39 is 11.8 Å². The Bertz CT molecular complexity index is 576. The average molecular weight is 283 g/mol. The average Bonchev–Trinajstić information content (AvgIpc) is 2.72. The van der Waals surface area contributed by atoms with Gasteiger partial charge in [0, 0.05) is 17.8 Å². The molecule has 0 radical (unpaired) electrons. The van der Waals surface area contributed by atoms with Gasteiger partial charge in [0.1, 0.15) is 4.60 Å². The number of pyridine rings is 1. The summed E-state index contributed by atoms with van der Waals surface area (Å²) < 4.78 is 4.98. The first-order valence-electron chi connectivity index (χ1n) is 4.39. The monoisotopic (exact) mass is 282 g/mol. The van der Waals surface area contributed by atoms with Crippen LogP contribution in [0.15, 0.2) is 23.1 Å². The van der Waals surface area contributed by atoms with Crippen LogP contribution in [-0.4, -0.2) is 28.8 Å². The highest BCUT2D eigenvalue weighted by molar-refractivity contribution is 9.10. The number of aromatic amines is 1. The SMILES string of the molecule is COC(=O)C(=O)c1c[nH]c2c(Br)nccc12. The summed E-state index contributed by atoms with van der Waals surface area (Å²) in [7, 11) is 1.17. The molecule has 0 amide bonds. The summed E-state index contributed by atoms with van der Waals surface area (Å²) in [6.07, 6.45) is 3.02. The highest BCUT2D eigenvalue weighted by Crippen LogP contribution is 2.23. The Labute approximate surface area is 98.9 Å². The number of ketones is 1. The van der Waals surface area contributed by atoms with Crippen LogP contribution >= 0.6 is 15.9 Å². The fraction of sp³-hybridized carbons (Fsp3) is 0.100. The highest BCUT2D eigenvalue weighted by atomic mass is 79.9. The molecule has 2 aromatic rings. The molecule has 0 saturated carbocycles. The first kappa shape index (κ1) is 10.8. The van der Waals surface area contributed by atoms with Gasteiger partial charge in [-0.15, -0.1) is 0 Å². The maximum absolute atomic E-state index is 11.6. The topological polar surface area (TPSA) is 72.1 Å². The van der Waals surface area contributed by atoms with E-state index in [1.807, 2.05) is 0 Å². The molecule has 0 aromatic carbocycles. The molecular formula is C10H7BrN2O3. The van der Waals surface area contributed by atoms with Crippen LogP contribution in [0.5, 0.6) is 0 Å². The van der Waals surface area contributed by atoms with Crippen LogP contribution in [-0.2, 0) is 9.53 Å². The predicted octanol–water partition coefficient (Wildman–Crippen LogP) is 1.68. The second-order valence-corrected chi connectivity index (χ2v) is 3.80. The minimum Gasteiger partial charge on any atom is -0.463 e. The Hall–Kier alpha value is -1.69. The van der Waals surface area contributed by atoms with Crippen molar-refractivity contribution < 1.29 is 14.3 Å². The van der Waals surface area contributed by atoms with Crippen molar-refractivity contribution in [2.24, 2.45) is 0 Å². The number of nitrogens with zero attached hydrogens (tertiary/aromatic N) is 1. The maximum atomic E-state index is 11.6. The number of halogens is 1. The first-order valence-corrected chi connectivity index (χ1v) is 5.18. The lowest BCUT2D eigenvalue weighted by Crippen LogP contribution is -2.15. The number of H-pyrrole nitrogens is 1. The van der Waals surface area contributed by atoms with E-state index in [0.717, 1.165) is 0 Å². The van der Waals surface area contributed by atoms with Gasteiger partial charge in [-0.1, -0.05) is 0 Å². The van der Waals surface area contributed by atoms with Gasteiger partial charge in [0.25, 0.3) is 5.78 Å². The minimum atomic E-state index is -0.881. The fourth-order valence-electron chi connectivity index (χ4n) is 1.41. The van der Waals surface area contributed by atoms with Crippen molar-refractivity contribution in [2.45, 2.75) is 0 Å². The quantitative estimate of drug-likeness (QED) is 0.394. The number of Topliss-reactive ketones (excluding diaryl/α,β-unsaturated/α-hetero) is 1. The standard InChI is InChI=1S/C10H7BrN2O3/c1-16-10(15)8(14)6-4-13-7-5(6)2-3-12-9(7)11/h2-4,13H,1H3. The Kier molecular flexibility index (Phi) is 2.74. The molecule has 0 aliphatic heterocycles. The molecule has 0 spiro atoms. The molecule has 6 heteroatoms. The fourth-order valence-corrected chi connectivity index (χ4v) is 1.86. The van der Waals surface area contributed by atoms with Crippen LogP contribution in [0.25, 0.3) is 10.9 Å². The lowest BCUT2D eigenvalue weighted by Gasteiger charge is -1.97. The Morgan fingerprint density at radius 2 is 2.25 bits per heavy atom. The molecule has 2 heterocycles. The number of ether oxygens (including phenoxy) is 1. The van der Waals surface area contributed by atoms with Crippen molar-refractivity contribution in [2.75, 3.05) is 7.11 Å². The Balaban J connectivity index is 2.59. The minimum absolute atomic E-state index is 0.282. The van der Waals surface area contributed by atoms with E-state index in [2.05, 4.69) is 30.6 Å². The zero-order valence-electron chi connectivity index (χ0n) is 8.28. The summed E-state index contributed by atoms with van der Waals surface area (Å²) in [6.45, 7) is 0. The van der Waals surface area contributed by atoms with Crippen molar-refractivity contribution in [3.63, 3.8) is 0 Å². The highest BCUT2D eigenvalue weighted by Gasteiger charge is 2.20. The number of hydrogen-bond donors (Lipinski definition) is 1. The predicted molar refractivity (Wildman–Crippen MR) is 60.1 cm³/mol. The molecule has 82 valence electrons. The van der Waals surface area contributed by atoms with Crippen LogP contribution in [0.4, 0.5) is 0 Å². The summed E-state index contributed by atoms with van der Waals surface area (Å²) in [6, 6.07) is 1.66. The summed E-state index contributed by atoms with van der Waals surface area (Å²) in [5.74, 6) is -1.55. The number of rotatable bonds is 2. The Morgan fingerprint density at radius 1 is 1.50 bits per heavy atom. The molecule has 2 rings (SSSR count). The van der Waals surface area contributed by atoms with Crippen LogP contribution < -0.4 is 0 Å². The van der Waals surface area contributed by atoms with Crippen molar-refractivity contribution in [3.05, 3.63) is 28.6 Å². The van der Waals surface area contributed by atoms with Gasteiger partial charge in [0.2, 0.25) is 0 Å². The van der Waals surface area contributed by atoms with Crippen molar-refractivity contribution in [1.82, 2.24) is 9.97 Å². The number of hydrogen-bond acceptors (Lipinski definition) is 4. The molecule has 0 atom stereocenters. The van der Waals surface area contributed by atoms with Gasteiger partial charge in [-0.2, -0.15) is 0 Å². The van der Waals surface area contributed by atoms with Gasteiger partial charge in [-0.3, -0.25) is 4.79 Å². The van der Waals surface area contributed by atoms with Crippen molar-refractivity contribution in [3.8, 4) is 0 Å². The molecule has 2 aromatic heterocycles. The molecule has 0 unspecified atom stereocenters.